The minimum Gasteiger partial charge on any atom is -0.456 e. The summed E-state index contributed by atoms with van der Waals surface area (Å²) in [5.74, 6) is 1.66. The number of ether oxygens (including phenoxy) is 1. The van der Waals surface area contributed by atoms with Gasteiger partial charge in [0.05, 0.1) is 9.79 Å². The Kier molecular flexibility index (Phi) is 2.63. The molecule has 0 fully saturated rings. The van der Waals surface area contributed by atoms with Gasteiger partial charge in [-0.2, -0.15) is 0 Å². The van der Waals surface area contributed by atoms with E-state index in [0.717, 1.165) is 21.3 Å². The lowest BCUT2D eigenvalue weighted by Gasteiger charge is -2.21. The number of benzene rings is 2. The highest BCUT2D eigenvalue weighted by Gasteiger charge is 2.18. The summed E-state index contributed by atoms with van der Waals surface area (Å²) in [5.41, 5.74) is 0.689. The van der Waals surface area contributed by atoms with Crippen LogP contribution in [-0.2, 0) is 0 Å². The third kappa shape index (κ3) is 1.74. The fourth-order valence-corrected chi connectivity index (χ4v) is 3.33. The molecule has 3 rings (SSSR count). The minimum absolute atomic E-state index is 0.689. The van der Waals surface area contributed by atoms with Crippen LogP contribution in [0.2, 0.25) is 0 Å². The van der Waals surface area contributed by atoms with Gasteiger partial charge in [-0.1, -0.05) is 29.4 Å². The van der Waals surface area contributed by atoms with Crippen molar-refractivity contribution in [3.05, 3.63) is 40.0 Å². The second kappa shape index (κ2) is 4.00. The zero-order valence-corrected chi connectivity index (χ0v) is 11.2. The highest BCUT2D eigenvalue weighted by atomic mass is 127. The number of halogens is 1. The Balaban J connectivity index is 2.13. The maximum Gasteiger partial charge on any atom is 0.141 e. The predicted octanol–water partition coefficient (Wildman–Crippen LogP) is 3.34. The number of hydrogen-bond acceptors (Lipinski definition) is 2. The molecule has 0 aromatic heterocycles. The van der Waals surface area contributed by atoms with Gasteiger partial charge in [0.25, 0.3) is 0 Å². The highest BCUT2D eigenvalue weighted by molar-refractivity contribution is 14.1. The first kappa shape index (κ1) is 10.5. The molecule has 1 nitrogen and oxygen atoms in total. The summed E-state index contributed by atoms with van der Waals surface area (Å²) in [6, 6.07) is 12.0. The van der Waals surface area contributed by atoms with Crippen molar-refractivity contribution in [2.45, 2.75) is 9.79 Å². The van der Waals surface area contributed by atoms with Crippen LogP contribution in [0.4, 0.5) is 0 Å². The van der Waals surface area contributed by atoms with E-state index in [1.54, 1.807) is 11.8 Å². The molecule has 76 valence electrons. The van der Waals surface area contributed by atoms with Gasteiger partial charge in [0.1, 0.15) is 19.3 Å². The fourth-order valence-electron chi connectivity index (χ4n) is 1.60. The smallest absolute Gasteiger partial charge is 0.141 e. The van der Waals surface area contributed by atoms with E-state index in [-0.39, 0.29) is 0 Å². The normalized spacial score (nSPS) is 12.6. The quantitative estimate of drug-likeness (QED) is 0.460. The first-order valence-corrected chi connectivity index (χ1v) is 6.67. The minimum atomic E-state index is 0.689. The van der Waals surface area contributed by atoms with Crippen molar-refractivity contribution in [1.82, 2.24) is 0 Å². The molecule has 0 aliphatic carbocycles. The van der Waals surface area contributed by atoms with E-state index in [1.807, 2.05) is 30.3 Å². The summed E-state index contributed by atoms with van der Waals surface area (Å²) < 4.78 is 7.02. The predicted molar refractivity (Wildman–Crippen MR) is 75.2 cm³/mol. The van der Waals surface area contributed by atoms with E-state index in [2.05, 4.69) is 28.7 Å². The van der Waals surface area contributed by atoms with Crippen molar-refractivity contribution in [2.75, 3.05) is 0 Å². The average Bonchev–Trinajstić information content (AvgIpc) is 2.27. The first-order valence-electron chi connectivity index (χ1n) is 4.78. The lowest BCUT2D eigenvalue weighted by molar-refractivity contribution is 0.458. The summed E-state index contributed by atoms with van der Waals surface area (Å²) in [5, 5.41) is 0. The zero-order chi connectivity index (χ0) is 11.1. The van der Waals surface area contributed by atoms with Crippen molar-refractivity contribution >= 4 is 47.7 Å². The van der Waals surface area contributed by atoms with Crippen LogP contribution >= 0.6 is 34.4 Å². The Labute approximate surface area is 113 Å². The summed E-state index contributed by atoms with van der Waals surface area (Å²) in [7, 11) is 5.89. The van der Waals surface area contributed by atoms with Crippen molar-refractivity contribution in [2.24, 2.45) is 0 Å². The molecule has 2 radical (unpaired) electrons. The van der Waals surface area contributed by atoms with E-state index in [0.29, 0.717) is 5.46 Å². The number of para-hydroxylation sites is 1. The molecule has 2 aromatic carbocycles. The van der Waals surface area contributed by atoms with E-state index in [4.69, 9.17) is 12.6 Å². The van der Waals surface area contributed by atoms with E-state index < -0.39 is 0 Å². The van der Waals surface area contributed by atoms with Crippen LogP contribution in [0.1, 0.15) is 0 Å². The van der Waals surface area contributed by atoms with Gasteiger partial charge in [0, 0.05) is 3.57 Å². The van der Waals surface area contributed by atoms with Crippen LogP contribution in [0.15, 0.2) is 46.2 Å². The Morgan fingerprint density at radius 3 is 2.88 bits per heavy atom. The van der Waals surface area contributed by atoms with Crippen molar-refractivity contribution in [1.29, 1.82) is 0 Å². The van der Waals surface area contributed by atoms with Gasteiger partial charge >= 0.3 is 0 Å². The van der Waals surface area contributed by atoms with Gasteiger partial charge in [-0.25, -0.2) is 0 Å². The number of hydrogen-bond donors (Lipinski definition) is 0. The molecule has 1 heterocycles. The maximum atomic E-state index is 5.89. The average molecular weight is 336 g/mol. The third-order valence-corrected chi connectivity index (χ3v) is 4.10. The molecule has 1 aliphatic heterocycles. The largest absolute Gasteiger partial charge is 0.456 e. The molecule has 0 saturated carbocycles. The summed E-state index contributed by atoms with van der Waals surface area (Å²) in [6.07, 6.45) is 0. The maximum absolute atomic E-state index is 5.89. The van der Waals surface area contributed by atoms with E-state index in [1.165, 1.54) is 3.57 Å². The topological polar surface area (TPSA) is 9.23 Å². The second-order valence-corrected chi connectivity index (χ2v) is 5.80. The highest BCUT2D eigenvalue weighted by Crippen LogP contribution is 2.46. The molecular weight excluding hydrogens is 330 g/mol. The Morgan fingerprint density at radius 1 is 1.12 bits per heavy atom. The van der Waals surface area contributed by atoms with Crippen LogP contribution in [-0.4, -0.2) is 7.85 Å². The molecule has 1 aliphatic rings. The number of fused-ring (bicyclic) bond motifs is 2. The molecule has 0 bridgehead atoms. The molecule has 0 atom stereocenters. The van der Waals surface area contributed by atoms with Gasteiger partial charge in [0.15, 0.2) is 0 Å². The Hall–Kier alpha value is -0.615. The summed E-state index contributed by atoms with van der Waals surface area (Å²) in [4.78, 5) is 2.22. The van der Waals surface area contributed by atoms with E-state index in [9.17, 15) is 0 Å². The standard InChI is InChI=1S/C12H6BIOS/c13-8-2-1-3-10-12(8)15-9-5-4-7(14)6-11(9)16-10/h1-6H. The van der Waals surface area contributed by atoms with Gasteiger partial charge in [0.2, 0.25) is 0 Å². The molecule has 0 amide bonds. The lowest BCUT2D eigenvalue weighted by atomic mass is 9.95. The Bertz CT molecular complexity index is 571. The number of rotatable bonds is 0. The molecule has 0 unspecified atom stereocenters. The molecule has 0 spiro atoms. The summed E-state index contributed by atoms with van der Waals surface area (Å²) in [6.45, 7) is 0. The SMILES string of the molecule is [B]c1cccc2c1Oc1ccc(I)cc1S2. The van der Waals surface area contributed by atoms with Crippen LogP contribution in [0.25, 0.3) is 0 Å². The molecule has 4 heteroatoms. The van der Waals surface area contributed by atoms with Crippen molar-refractivity contribution < 1.29 is 4.74 Å². The molecular formula is C12H6BIOS. The third-order valence-electron chi connectivity index (χ3n) is 2.35. The van der Waals surface area contributed by atoms with E-state index >= 15 is 0 Å². The van der Waals surface area contributed by atoms with Crippen LogP contribution in [0.3, 0.4) is 0 Å². The van der Waals surface area contributed by atoms with Crippen molar-refractivity contribution in [3.63, 3.8) is 0 Å². The zero-order valence-electron chi connectivity index (χ0n) is 8.24. The van der Waals surface area contributed by atoms with Gasteiger partial charge in [-0.15, -0.1) is 0 Å². The Morgan fingerprint density at radius 2 is 2.00 bits per heavy atom. The van der Waals surface area contributed by atoms with Crippen LogP contribution < -0.4 is 10.2 Å². The first-order chi connectivity index (χ1) is 7.74. The summed E-state index contributed by atoms with van der Waals surface area (Å²) >= 11 is 4.00. The molecule has 0 saturated heterocycles. The second-order valence-electron chi connectivity index (χ2n) is 3.47. The molecule has 2 aromatic rings. The monoisotopic (exact) mass is 336 g/mol. The van der Waals surface area contributed by atoms with Gasteiger partial charge < -0.3 is 4.74 Å². The molecule has 16 heavy (non-hydrogen) atoms. The van der Waals surface area contributed by atoms with Crippen molar-refractivity contribution in [3.8, 4) is 11.5 Å². The fraction of sp³-hybridized carbons (Fsp3) is 0. The van der Waals surface area contributed by atoms with Crippen LogP contribution in [0.5, 0.6) is 11.5 Å². The van der Waals surface area contributed by atoms with Gasteiger partial charge in [-0.05, 0) is 46.9 Å². The van der Waals surface area contributed by atoms with Crippen LogP contribution in [0, 0.1) is 3.57 Å². The molecule has 0 N–H and O–H groups in total. The van der Waals surface area contributed by atoms with Gasteiger partial charge in [-0.3, -0.25) is 0 Å². The lowest BCUT2D eigenvalue weighted by Crippen LogP contribution is -2.09.